The lowest BCUT2D eigenvalue weighted by atomic mass is 10.1. The zero-order chi connectivity index (χ0) is 9.59. The lowest BCUT2D eigenvalue weighted by Crippen LogP contribution is -1.88. The lowest BCUT2D eigenvalue weighted by molar-refractivity contribution is 1.25. The van der Waals surface area contributed by atoms with Crippen LogP contribution in [0.1, 0.15) is 16.1 Å². The van der Waals surface area contributed by atoms with E-state index in [9.17, 15) is 0 Å². The summed E-state index contributed by atoms with van der Waals surface area (Å²) in [6.07, 6.45) is 0. The molecule has 2 N–H and O–H groups in total. The summed E-state index contributed by atoms with van der Waals surface area (Å²) in [6.45, 7) is 6.13. The predicted octanol–water partition coefficient (Wildman–Crippen LogP) is 2.80. The van der Waals surface area contributed by atoms with E-state index in [-0.39, 0.29) is 0 Å². The molecule has 0 amide bonds. The van der Waals surface area contributed by atoms with Gasteiger partial charge in [0.25, 0.3) is 0 Å². The Labute approximate surface area is 81.4 Å². The first-order valence-electron chi connectivity index (χ1n) is 4.22. The SMILES string of the molecule is Cc1cc(C)c2c(N)c(C)sc2n1. The largest absolute Gasteiger partial charge is 0.397 e. The predicted molar refractivity (Wildman–Crippen MR) is 58.2 cm³/mol. The number of rotatable bonds is 0. The molecule has 0 bridgehead atoms. The highest BCUT2D eigenvalue weighted by atomic mass is 32.1. The molecule has 2 nitrogen and oxygen atoms in total. The van der Waals surface area contributed by atoms with E-state index in [1.165, 1.54) is 5.56 Å². The van der Waals surface area contributed by atoms with Gasteiger partial charge in [-0.05, 0) is 32.4 Å². The lowest BCUT2D eigenvalue weighted by Gasteiger charge is -1.99. The zero-order valence-corrected chi connectivity index (χ0v) is 8.83. The Morgan fingerprint density at radius 1 is 1.31 bits per heavy atom. The molecule has 2 rings (SSSR count). The highest BCUT2D eigenvalue weighted by Crippen LogP contribution is 2.33. The molecule has 3 heteroatoms. The number of hydrogen-bond donors (Lipinski definition) is 1. The molecule has 2 heterocycles. The van der Waals surface area contributed by atoms with Crippen molar-refractivity contribution >= 4 is 27.2 Å². The summed E-state index contributed by atoms with van der Waals surface area (Å²) in [6, 6.07) is 2.07. The number of nitrogens with zero attached hydrogens (tertiary/aromatic N) is 1. The van der Waals surface area contributed by atoms with Gasteiger partial charge in [0.05, 0.1) is 5.69 Å². The first-order valence-corrected chi connectivity index (χ1v) is 5.04. The van der Waals surface area contributed by atoms with Gasteiger partial charge in [-0.25, -0.2) is 4.98 Å². The molecule has 68 valence electrons. The van der Waals surface area contributed by atoms with Crippen molar-refractivity contribution in [2.24, 2.45) is 0 Å². The van der Waals surface area contributed by atoms with Gasteiger partial charge in [0, 0.05) is 16.0 Å². The first kappa shape index (κ1) is 8.51. The second-order valence-corrected chi connectivity index (χ2v) is 4.54. The van der Waals surface area contributed by atoms with Gasteiger partial charge in [-0.2, -0.15) is 0 Å². The molecule has 0 saturated carbocycles. The van der Waals surface area contributed by atoms with Crippen LogP contribution in [0.5, 0.6) is 0 Å². The van der Waals surface area contributed by atoms with Gasteiger partial charge >= 0.3 is 0 Å². The third kappa shape index (κ3) is 1.20. The first-order chi connectivity index (χ1) is 6.09. The normalized spacial score (nSPS) is 11.0. The van der Waals surface area contributed by atoms with E-state index in [4.69, 9.17) is 5.73 Å². The van der Waals surface area contributed by atoms with Gasteiger partial charge in [0.15, 0.2) is 0 Å². The van der Waals surface area contributed by atoms with E-state index in [2.05, 4.69) is 18.0 Å². The number of thiophene rings is 1. The number of hydrogen-bond acceptors (Lipinski definition) is 3. The van der Waals surface area contributed by atoms with Crippen LogP contribution in [0.3, 0.4) is 0 Å². The Morgan fingerprint density at radius 2 is 2.00 bits per heavy atom. The van der Waals surface area contributed by atoms with E-state index in [0.29, 0.717) is 0 Å². The molecule has 0 saturated heterocycles. The summed E-state index contributed by atoms with van der Waals surface area (Å²) >= 11 is 1.67. The molecule has 0 aliphatic rings. The molecule has 0 fully saturated rings. The molecular formula is C10H12N2S. The molecule has 0 atom stereocenters. The fourth-order valence-electron chi connectivity index (χ4n) is 1.58. The van der Waals surface area contributed by atoms with Crippen molar-refractivity contribution in [1.29, 1.82) is 0 Å². The van der Waals surface area contributed by atoms with E-state index in [1.807, 2.05) is 13.8 Å². The molecule has 2 aromatic rings. The van der Waals surface area contributed by atoms with Crippen molar-refractivity contribution < 1.29 is 0 Å². The average molecular weight is 192 g/mol. The summed E-state index contributed by atoms with van der Waals surface area (Å²) in [4.78, 5) is 6.68. The van der Waals surface area contributed by atoms with Crippen LogP contribution in [0.2, 0.25) is 0 Å². The van der Waals surface area contributed by atoms with Crippen molar-refractivity contribution in [1.82, 2.24) is 4.98 Å². The van der Waals surface area contributed by atoms with Crippen molar-refractivity contribution in [2.75, 3.05) is 5.73 Å². The number of pyridine rings is 1. The van der Waals surface area contributed by atoms with Crippen LogP contribution in [0.15, 0.2) is 6.07 Å². The fraction of sp³-hybridized carbons (Fsp3) is 0.300. The van der Waals surface area contributed by atoms with Crippen LogP contribution in [-0.2, 0) is 0 Å². The van der Waals surface area contributed by atoms with Gasteiger partial charge in [0.1, 0.15) is 4.83 Å². The standard InChI is InChI=1S/C10H12N2S/c1-5-4-6(2)12-10-8(5)9(11)7(3)13-10/h4H,11H2,1-3H3. The van der Waals surface area contributed by atoms with E-state index >= 15 is 0 Å². The molecule has 0 aliphatic carbocycles. The minimum Gasteiger partial charge on any atom is -0.397 e. The maximum absolute atomic E-state index is 5.96. The van der Waals surface area contributed by atoms with Crippen molar-refractivity contribution in [2.45, 2.75) is 20.8 Å². The van der Waals surface area contributed by atoms with Crippen LogP contribution < -0.4 is 5.73 Å². The Morgan fingerprint density at radius 3 is 2.69 bits per heavy atom. The van der Waals surface area contributed by atoms with Gasteiger partial charge < -0.3 is 5.73 Å². The quantitative estimate of drug-likeness (QED) is 0.697. The third-order valence-electron chi connectivity index (χ3n) is 2.21. The highest BCUT2D eigenvalue weighted by Gasteiger charge is 2.09. The van der Waals surface area contributed by atoms with Gasteiger partial charge in [-0.15, -0.1) is 11.3 Å². The number of nitrogen functional groups attached to an aromatic ring is 1. The molecule has 13 heavy (non-hydrogen) atoms. The molecule has 2 aromatic heterocycles. The zero-order valence-electron chi connectivity index (χ0n) is 8.01. The van der Waals surface area contributed by atoms with Crippen LogP contribution in [0, 0.1) is 20.8 Å². The number of aryl methyl sites for hydroxylation is 3. The summed E-state index contributed by atoms with van der Waals surface area (Å²) in [5.41, 5.74) is 9.14. The van der Waals surface area contributed by atoms with Crippen LogP contribution in [-0.4, -0.2) is 4.98 Å². The summed E-state index contributed by atoms with van der Waals surface area (Å²) < 4.78 is 0. The topological polar surface area (TPSA) is 38.9 Å². The fourth-order valence-corrected chi connectivity index (χ4v) is 2.64. The average Bonchev–Trinajstić information content (AvgIpc) is 2.27. The number of anilines is 1. The second-order valence-electron chi connectivity index (χ2n) is 3.33. The second kappa shape index (κ2) is 2.70. The van der Waals surface area contributed by atoms with Gasteiger partial charge in [-0.3, -0.25) is 0 Å². The van der Waals surface area contributed by atoms with Gasteiger partial charge in [0.2, 0.25) is 0 Å². The maximum Gasteiger partial charge on any atom is 0.126 e. The van der Waals surface area contributed by atoms with Crippen molar-refractivity contribution in [3.05, 3.63) is 22.2 Å². The summed E-state index contributed by atoms with van der Waals surface area (Å²) in [7, 11) is 0. The number of fused-ring (bicyclic) bond motifs is 1. The molecule has 0 unspecified atom stereocenters. The Hall–Kier alpha value is -1.09. The summed E-state index contributed by atoms with van der Waals surface area (Å²) in [5.74, 6) is 0. The highest BCUT2D eigenvalue weighted by molar-refractivity contribution is 7.19. The molecular weight excluding hydrogens is 180 g/mol. The Kier molecular flexibility index (Phi) is 1.77. The monoisotopic (exact) mass is 192 g/mol. The Balaban J connectivity index is 2.94. The molecule has 0 radical (unpaired) electrons. The van der Waals surface area contributed by atoms with Crippen molar-refractivity contribution in [3.8, 4) is 0 Å². The molecule has 0 aliphatic heterocycles. The van der Waals surface area contributed by atoms with Crippen LogP contribution in [0.25, 0.3) is 10.2 Å². The van der Waals surface area contributed by atoms with E-state index in [0.717, 1.165) is 26.5 Å². The smallest absolute Gasteiger partial charge is 0.126 e. The molecule has 0 spiro atoms. The van der Waals surface area contributed by atoms with Gasteiger partial charge in [-0.1, -0.05) is 0 Å². The molecule has 0 aromatic carbocycles. The van der Waals surface area contributed by atoms with Crippen molar-refractivity contribution in [3.63, 3.8) is 0 Å². The Bertz CT molecular complexity index is 471. The third-order valence-corrected chi connectivity index (χ3v) is 3.22. The van der Waals surface area contributed by atoms with E-state index in [1.54, 1.807) is 11.3 Å². The number of aromatic nitrogens is 1. The van der Waals surface area contributed by atoms with Crippen LogP contribution in [0.4, 0.5) is 5.69 Å². The number of nitrogens with two attached hydrogens (primary N) is 1. The van der Waals surface area contributed by atoms with E-state index < -0.39 is 0 Å². The summed E-state index contributed by atoms with van der Waals surface area (Å²) in [5, 5.41) is 1.13. The van der Waals surface area contributed by atoms with Crippen LogP contribution >= 0.6 is 11.3 Å². The maximum atomic E-state index is 5.96. The minimum atomic E-state index is 0.894. The minimum absolute atomic E-state index is 0.894.